The lowest BCUT2D eigenvalue weighted by Gasteiger charge is -2.10. The summed E-state index contributed by atoms with van der Waals surface area (Å²) in [4.78, 5) is 24.5. The van der Waals surface area contributed by atoms with Gasteiger partial charge in [0, 0.05) is 10.3 Å². The Hall–Kier alpha value is -3.58. The van der Waals surface area contributed by atoms with Gasteiger partial charge in [-0.2, -0.15) is 0 Å². The average molecular weight is 433 g/mol. The summed E-state index contributed by atoms with van der Waals surface area (Å²) < 4.78 is 6.41. The highest BCUT2D eigenvalue weighted by molar-refractivity contribution is 7.98. The van der Waals surface area contributed by atoms with E-state index in [0.717, 1.165) is 16.7 Å². The molecule has 6 nitrogen and oxygen atoms in total. The predicted molar refractivity (Wildman–Crippen MR) is 123 cm³/mol. The van der Waals surface area contributed by atoms with Gasteiger partial charge in [0.1, 0.15) is 0 Å². The third-order valence-electron chi connectivity index (χ3n) is 5.21. The molecule has 0 aliphatic heterocycles. The van der Waals surface area contributed by atoms with Crippen molar-refractivity contribution < 1.29 is 14.6 Å². The maximum absolute atomic E-state index is 11.9. The predicted octanol–water partition coefficient (Wildman–Crippen LogP) is 5.97. The van der Waals surface area contributed by atoms with Crippen molar-refractivity contribution in [2.45, 2.75) is 11.4 Å². The summed E-state index contributed by atoms with van der Waals surface area (Å²) in [6.45, 7) is 0.261. The minimum atomic E-state index is -0.436. The number of hydrogen-bond acceptors (Lipinski definition) is 6. The van der Waals surface area contributed by atoms with Crippen LogP contribution < -0.4 is 0 Å². The molecular weight excluding hydrogens is 412 g/mol. The number of fused-ring (bicyclic) bond motifs is 1. The molecule has 4 aromatic rings. The molecule has 156 valence electrons. The Labute approximate surface area is 183 Å². The van der Waals surface area contributed by atoms with Crippen LogP contribution in [0.25, 0.3) is 22.0 Å². The molecule has 0 aliphatic rings. The van der Waals surface area contributed by atoms with Crippen LogP contribution in [0.2, 0.25) is 0 Å². The molecule has 1 aromatic heterocycles. The van der Waals surface area contributed by atoms with E-state index in [1.807, 2.05) is 36.6 Å². The number of esters is 1. The first-order chi connectivity index (χ1) is 15.0. The maximum Gasteiger partial charge on any atom is 0.337 e. The minimum Gasteiger partial charge on any atom is -0.493 e. The van der Waals surface area contributed by atoms with Crippen molar-refractivity contribution in [1.82, 2.24) is 4.57 Å². The first-order valence-electron chi connectivity index (χ1n) is 9.56. The zero-order valence-electron chi connectivity index (χ0n) is 17.0. The van der Waals surface area contributed by atoms with Crippen molar-refractivity contribution in [2.24, 2.45) is 5.18 Å². The Kier molecular flexibility index (Phi) is 5.77. The van der Waals surface area contributed by atoms with Gasteiger partial charge in [0.15, 0.2) is 5.69 Å². The number of benzene rings is 3. The third kappa shape index (κ3) is 3.92. The van der Waals surface area contributed by atoms with Gasteiger partial charge in [-0.05, 0) is 64.5 Å². The van der Waals surface area contributed by atoms with Gasteiger partial charge >= 0.3 is 5.97 Å². The summed E-state index contributed by atoms with van der Waals surface area (Å²) in [6.07, 6.45) is 2.03. The van der Waals surface area contributed by atoms with Crippen LogP contribution in [0, 0.1) is 4.91 Å². The molecule has 0 fully saturated rings. The smallest absolute Gasteiger partial charge is 0.337 e. The fraction of sp³-hybridized carbons (Fsp3) is 0.125. The average Bonchev–Trinajstić information content (AvgIpc) is 3.08. The number of nitroso groups, excluding NO2 is 1. The molecule has 0 aliphatic carbocycles. The van der Waals surface area contributed by atoms with E-state index in [9.17, 15) is 14.8 Å². The molecule has 1 heterocycles. The van der Waals surface area contributed by atoms with Gasteiger partial charge in [0.05, 0.1) is 24.7 Å². The second kappa shape index (κ2) is 8.65. The number of ether oxygens (including phenoxy) is 1. The molecule has 0 bridgehead atoms. The lowest BCUT2D eigenvalue weighted by Crippen LogP contribution is -2.04. The van der Waals surface area contributed by atoms with Crippen LogP contribution in [-0.2, 0) is 11.3 Å². The molecule has 0 saturated carbocycles. The van der Waals surface area contributed by atoms with Gasteiger partial charge in [-0.25, -0.2) is 4.79 Å². The summed E-state index contributed by atoms with van der Waals surface area (Å²) in [7, 11) is 1.33. The van der Waals surface area contributed by atoms with Gasteiger partial charge in [-0.1, -0.05) is 30.3 Å². The zero-order valence-corrected chi connectivity index (χ0v) is 17.8. The molecule has 0 saturated heterocycles. The molecular formula is C24H20N2O4S. The molecule has 3 aromatic carbocycles. The first-order valence-corrected chi connectivity index (χ1v) is 10.8. The number of thioether (sulfide) groups is 1. The number of methoxy groups -OCH3 is 1. The van der Waals surface area contributed by atoms with Crippen molar-refractivity contribution in [3.8, 4) is 17.0 Å². The molecule has 0 spiro atoms. The highest BCUT2D eigenvalue weighted by Crippen LogP contribution is 2.40. The Morgan fingerprint density at radius 2 is 1.81 bits per heavy atom. The van der Waals surface area contributed by atoms with Gasteiger partial charge in [-0.3, -0.25) is 0 Å². The van der Waals surface area contributed by atoms with Crippen LogP contribution in [0.3, 0.4) is 0 Å². The number of hydrogen-bond donors (Lipinski definition) is 1. The number of nitrogens with zero attached hydrogens (tertiary/aromatic N) is 2. The zero-order chi connectivity index (χ0) is 22.0. The quantitative estimate of drug-likeness (QED) is 0.231. The molecule has 1 N–H and O–H groups in total. The lowest BCUT2D eigenvalue weighted by molar-refractivity contribution is 0.0600. The Morgan fingerprint density at radius 1 is 1.06 bits per heavy atom. The summed E-state index contributed by atoms with van der Waals surface area (Å²) in [6, 6.07) is 20.8. The van der Waals surface area contributed by atoms with E-state index in [-0.39, 0.29) is 18.1 Å². The fourth-order valence-corrected chi connectivity index (χ4v) is 4.04. The van der Waals surface area contributed by atoms with E-state index in [4.69, 9.17) is 4.74 Å². The topological polar surface area (TPSA) is 80.9 Å². The van der Waals surface area contributed by atoms with Crippen LogP contribution in [0.5, 0.6) is 5.88 Å². The van der Waals surface area contributed by atoms with Gasteiger partial charge in [0.25, 0.3) is 0 Å². The fourth-order valence-electron chi connectivity index (χ4n) is 3.63. The third-order valence-corrected chi connectivity index (χ3v) is 5.96. The highest BCUT2D eigenvalue weighted by atomic mass is 32.2. The van der Waals surface area contributed by atoms with Gasteiger partial charge in [0.2, 0.25) is 5.88 Å². The molecule has 0 radical (unpaired) electrons. The number of aromatic nitrogens is 1. The molecule has 0 atom stereocenters. The number of carbonyl (C=O) groups is 1. The van der Waals surface area contributed by atoms with Crippen molar-refractivity contribution in [1.29, 1.82) is 0 Å². The number of aromatic hydroxyl groups is 1. The normalized spacial score (nSPS) is 10.9. The first kappa shape index (κ1) is 20.7. The van der Waals surface area contributed by atoms with E-state index in [0.29, 0.717) is 16.5 Å². The highest BCUT2D eigenvalue weighted by Gasteiger charge is 2.19. The lowest BCUT2D eigenvalue weighted by atomic mass is 10.0. The largest absolute Gasteiger partial charge is 0.493 e. The molecule has 0 amide bonds. The van der Waals surface area contributed by atoms with Gasteiger partial charge in [-0.15, -0.1) is 16.7 Å². The Balaban J connectivity index is 1.81. The van der Waals surface area contributed by atoms with E-state index < -0.39 is 5.97 Å². The van der Waals surface area contributed by atoms with Crippen molar-refractivity contribution in [2.75, 3.05) is 13.4 Å². The van der Waals surface area contributed by atoms with E-state index >= 15 is 0 Å². The van der Waals surface area contributed by atoms with Crippen LogP contribution in [0.1, 0.15) is 15.9 Å². The summed E-state index contributed by atoms with van der Waals surface area (Å²) in [5.41, 5.74) is 3.87. The van der Waals surface area contributed by atoms with E-state index in [1.54, 1.807) is 40.6 Å². The van der Waals surface area contributed by atoms with Crippen LogP contribution >= 0.6 is 11.8 Å². The van der Waals surface area contributed by atoms with Crippen molar-refractivity contribution in [3.05, 3.63) is 82.8 Å². The molecule has 0 unspecified atom stereocenters. The van der Waals surface area contributed by atoms with Crippen molar-refractivity contribution in [3.63, 3.8) is 0 Å². The SMILES string of the molecule is COC(=O)c1cccc(Cn2c(O)c(N=O)c3ccc(-c4ccc(SC)cc4)cc32)c1. The molecule has 4 rings (SSSR count). The van der Waals surface area contributed by atoms with E-state index in [1.165, 1.54) is 12.0 Å². The minimum absolute atomic E-state index is 0.00315. The van der Waals surface area contributed by atoms with Crippen LogP contribution in [0.15, 0.2) is 76.8 Å². The summed E-state index contributed by atoms with van der Waals surface area (Å²) in [5, 5.41) is 14.3. The molecule has 31 heavy (non-hydrogen) atoms. The number of rotatable bonds is 6. The van der Waals surface area contributed by atoms with Crippen LogP contribution in [0.4, 0.5) is 5.69 Å². The van der Waals surface area contributed by atoms with E-state index in [2.05, 4.69) is 17.3 Å². The van der Waals surface area contributed by atoms with Crippen LogP contribution in [-0.4, -0.2) is 29.0 Å². The Morgan fingerprint density at radius 3 is 2.48 bits per heavy atom. The second-order valence-corrected chi connectivity index (χ2v) is 7.88. The second-order valence-electron chi connectivity index (χ2n) is 7.00. The maximum atomic E-state index is 11.9. The Bertz CT molecular complexity index is 1280. The monoisotopic (exact) mass is 432 g/mol. The summed E-state index contributed by atoms with van der Waals surface area (Å²) >= 11 is 1.67. The summed E-state index contributed by atoms with van der Waals surface area (Å²) in [5.74, 6) is -0.641. The molecule has 7 heteroatoms. The number of carbonyl (C=O) groups excluding carboxylic acids is 1. The standard InChI is InChI=1S/C24H20N2O4S/c1-30-24(28)18-5-3-4-15(12-18)14-26-21-13-17(16-6-9-19(31-2)10-7-16)8-11-20(21)22(25-29)23(26)27/h3-13,27H,14H2,1-2H3. The van der Waals surface area contributed by atoms with Gasteiger partial charge < -0.3 is 14.4 Å². The van der Waals surface area contributed by atoms with Crippen molar-refractivity contribution >= 4 is 34.3 Å².